The Balaban J connectivity index is 1.57. The zero-order chi connectivity index (χ0) is 22.2. The molecule has 1 heterocycles. The van der Waals surface area contributed by atoms with Gasteiger partial charge in [0.05, 0.1) is 13.0 Å². The molecular formula is C24H29N3O4. The van der Waals surface area contributed by atoms with Crippen LogP contribution in [0.25, 0.3) is 0 Å². The van der Waals surface area contributed by atoms with E-state index in [1.165, 1.54) is 6.92 Å². The molecule has 2 aromatic carbocycles. The average molecular weight is 424 g/mol. The molecule has 1 saturated heterocycles. The standard InChI is InChI=1S/C24H29N3O4/c1-3-31-22-10-8-19(9-11-22)16-23(29)26-12-5-13-27(15-14-26)24(30)20-6-4-7-21(17-20)25-18(2)28/h4,6-11,17H,3,5,12-16H2,1-2H3,(H,25,28). The quantitative estimate of drug-likeness (QED) is 0.775. The summed E-state index contributed by atoms with van der Waals surface area (Å²) in [5.74, 6) is 0.588. The molecule has 0 saturated carbocycles. The second-order valence-corrected chi connectivity index (χ2v) is 7.54. The zero-order valence-corrected chi connectivity index (χ0v) is 18.1. The lowest BCUT2D eigenvalue weighted by Gasteiger charge is -2.22. The fourth-order valence-electron chi connectivity index (χ4n) is 3.64. The van der Waals surface area contributed by atoms with Gasteiger partial charge in [-0.2, -0.15) is 0 Å². The Hall–Kier alpha value is -3.35. The first kappa shape index (κ1) is 22.3. The third-order valence-electron chi connectivity index (χ3n) is 5.16. The van der Waals surface area contributed by atoms with Crippen LogP contribution in [0.5, 0.6) is 5.75 Å². The summed E-state index contributed by atoms with van der Waals surface area (Å²) in [6.45, 7) is 6.19. The van der Waals surface area contributed by atoms with Crippen molar-refractivity contribution in [1.82, 2.24) is 9.80 Å². The number of nitrogens with zero attached hydrogens (tertiary/aromatic N) is 2. The molecule has 3 amide bonds. The first-order valence-corrected chi connectivity index (χ1v) is 10.6. The summed E-state index contributed by atoms with van der Waals surface area (Å²) in [6.07, 6.45) is 1.06. The van der Waals surface area contributed by atoms with Crippen LogP contribution in [0.3, 0.4) is 0 Å². The second-order valence-electron chi connectivity index (χ2n) is 7.54. The molecule has 0 atom stereocenters. The van der Waals surface area contributed by atoms with Crippen molar-refractivity contribution in [1.29, 1.82) is 0 Å². The van der Waals surface area contributed by atoms with Gasteiger partial charge in [-0.1, -0.05) is 18.2 Å². The largest absolute Gasteiger partial charge is 0.494 e. The summed E-state index contributed by atoms with van der Waals surface area (Å²) < 4.78 is 5.44. The topological polar surface area (TPSA) is 79.0 Å². The number of hydrogen-bond donors (Lipinski definition) is 1. The van der Waals surface area contributed by atoms with Crippen molar-refractivity contribution >= 4 is 23.4 Å². The summed E-state index contributed by atoms with van der Waals surface area (Å²) in [5.41, 5.74) is 2.07. The third-order valence-corrected chi connectivity index (χ3v) is 5.16. The predicted molar refractivity (Wildman–Crippen MR) is 119 cm³/mol. The molecule has 0 aliphatic carbocycles. The monoisotopic (exact) mass is 423 g/mol. The Kier molecular flexibility index (Phi) is 7.65. The van der Waals surface area contributed by atoms with Crippen LogP contribution in [-0.4, -0.2) is 60.3 Å². The maximum atomic E-state index is 12.9. The van der Waals surface area contributed by atoms with E-state index in [2.05, 4.69) is 5.32 Å². The van der Waals surface area contributed by atoms with Crippen LogP contribution in [0.4, 0.5) is 5.69 Å². The van der Waals surface area contributed by atoms with Gasteiger partial charge in [-0.25, -0.2) is 0 Å². The third kappa shape index (κ3) is 6.31. The van der Waals surface area contributed by atoms with Crippen molar-refractivity contribution in [3.05, 3.63) is 59.7 Å². The number of amides is 3. The zero-order valence-electron chi connectivity index (χ0n) is 18.1. The van der Waals surface area contributed by atoms with Crippen molar-refractivity contribution in [2.45, 2.75) is 26.7 Å². The number of nitrogens with one attached hydrogen (secondary N) is 1. The molecule has 164 valence electrons. The Morgan fingerprint density at radius 3 is 2.39 bits per heavy atom. The lowest BCUT2D eigenvalue weighted by atomic mass is 10.1. The van der Waals surface area contributed by atoms with Gasteiger partial charge >= 0.3 is 0 Å². The van der Waals surface area contributed by atoms with Crippen molar-refractivity contribution in [3.8, 4) is 5.75 Å². The maximum absolute atomic E-state index is 12.9. The highest BCUT2D eigenvalue weighted by molar-refractivity contribution is 5.96. The predicted octanol–water partition coefficient (Wildman–Crippen LogP) is 2.96. The molecule has 7 nitrogen and oxygen atoms in total. The summed E-state index contributed by atoms with van der Waals surface area (Å²) >= 11 is 0. The van der Waals surface area contributed by atoms with E-state index in [4.69, 9.17) is 4.74 Å². The minimum atomic E-state index is -0.180. The molecule has 1 aliphatic heterocycles. The van der Waals surface area contributed by atoms with Crippen LogP contribution in [0.1, 0.15) is 36.2 Å². The molecule has 0 radical (unpaired) electrons. The Morgan fingerprint density at radius 2 is 1.68 bits per heavy atom. The number of carbonyl (C=O) groups is 3. The molecule has 0 bridgehead atoms. The number of carbonyl (C=O) groups excluding carboxylic acids is 3. The Morgan fingerprint density at radius 1 is 0.968 bits per heavy atom. The van der Waals surface area contributed by atoms with E-state index < -0.39 is 0 Å². The number of ether oxygens (including phenoxy) is 1. The van der Waals surface area contributed by atoms with Gasteiger partial charge in [0.15, 0.2) is 0 Å². The van der Waals surface area contributed by atoms with Gasteiger partial charge in [0, 0.05) is 44.4 Å². The van der Waals surface area contributed by atoms with E-state index in [0.29, 0.717) is 50.5 Å². The average Bonchev–Trinajstić information content (AvgIpc) is 3.01. The van der Waals surface area contributed by atoms with Crippen LogP contribution in [0.2, 0.25) is 0 Å². The Labute approximate surface area is 183 Å². The molecule has 7 heteroatoms. The molecule has 3 rings (SSSR count). The van der Waals surface area contributed by atoms with Crippen molar-refractivity contribution < 1.29 is 19.1 Å². The van der Waals surface area contributed by atoms with Crippen LogP contribution in [0, 0.1) is 0 Å². The van der Waals surface area contributed by atoms with Gasteiger partial charge in [0.2, 0.25) is 11.8 Å². The summed E-state index contributed by atoms with van der Waals surface area (Å²) in [4.78, 5) is 40.6. The van der Waals surface area contributed by atoms with E-state index >= 15 is 0 Å². The number of hydrogen-bond acceptors (Lipinski definition) is 4. The fourth-order valence-corrected chi connectivity index (χ4v) is 3.64. The van der Waals surface area contributed by atoms with Crippen LogP contribution < -0.4 is 10.1 Å². The highest BCUT2D eigenvalue weighted by Gasteiger charge is 2.23. The van der Waals surface area contributed by atoms with E-state index in [0.717, 1.165) is 17.7 Å². The number of benzene rings is 2. The molecule has 1 N–H and O–H groups in total. The lowest BCUT2D eigenvalue weighted by molar-refractivity contribution is -0.130. The van der Waals surface area contributed by atoms with Crippen LogP contribution >= 0.6 is 0 Å². The maximum Gasteiger partial charge on any atom is 0.253 e. The first-order valence-electron chi connectivity index (χ1n) is 10.6. The normalized spacial score (nSPS) is 14.0. The SMILES string of the molecule is CCOc1ccc(CC(=O)N2CCCN(C(=O)c3cccc(NC(C)=O)c3)CC2)cc1. The minimum absolute atomic E-state index is 0.0612. The van der Waals surface area contributed by atoms with E-state index in [1.54, 1.807) is 29.2 Å². The van der Waals surface area contributed by atoms with Crippen LogP contribution in [0.15, 0.2) is 48.5 Å². The second kappa shape index (κ2) is 10.6. The first-order chi connectivity index (χ1) is 15.0. The molecule has 1 fully saturated rings. The van der Waals surface area contributed by atoms with E-state index in [1.807, 2.05) is 36.1 Å². The van der Waals surface area contributed by atoms with E-state index in [9.17, 15) is 14.4 Å². The van der Waals surface area contributed by atoms with Gasteiger partial charge < -0.3 is 19.9 Å². The molecule has 0 unspecified atom stereocenters. The highest BCUT2D eigenvalue weighted by Crippen LogP contribution is 2.16. The van der Waals surface area contributed by atoms with Crippen molar-refractivity contribution in [2.24, 2.45) is 0 Å². The molecule has 0 aromatic heterocycles. The molecule has 0 spiro atoms. The summed E-state index contributed by atoms with van der Waals surface area (Å²) in [5, 5.41) is 2.70. The number of rotatable bonds is 6. The fraction of sp³-hybridized carbons (Fsp3) is 0.375. The Bertz CT molecular complexity index is 927. The van der Waals surface area contributed by atoms with Crippen molar-refractivity contribution in [2.75, 3.05) is 38.1 Å². The summed E-state index contributed by atoms with van der Waals surface area (Å²) in [6, 6.07) is 14.5. The van der Waals surface area contributed by atoms with Crippen LogP contribution in [-0.2, 0) is 16.0 Å². The molecular weight excluding hydrogens is 394 g/mol. The highest BCUT2D eigenvalue weighted by atomic mass is 16.5. The molecule has 1 aliphatic rings. The number of anilines is 1. The summed E-state index contributed by atoms with van der Waals surface area (Å²) in [7, 11) is 0. The van der Waals surface area contributed by atoms with E-state index in [-0.39, 0.29) is 17.7 Å². The molecule has 31 heavy (non-hydrogen) atoms. The molecule has 2 aromatic rings. The minimum Gasteiger partial charge on any atom is -0.494 e. The van der Waals surface area contributed by atoms with Gasteiger partial charge in [-0.15, -0.1) is 0 Å². The van der Waals surface area contributed by atoms with Gasteiger partial charge in [-0.05, 0) is 49.2 Å². The van der Waals surface area contributed by atoms with Gasteiger partial charge in [0.25, 0.3) is 5.91 Å². The smallest absolute Gasteiger partial charge is 0.253 e. The lowest BCUT2D eigenvalue weighted by Crippen LogP contribution is -2.38. The van der Waals surface area contributed by atoms with Gasteiger partial charge in [-0.3, -0.25) is 14.4 Å². The van der Waals surface area contributed by atoms with Gasteiger partial charge in [0.1, 0.15) is 5.75 Å². The van der Waals surface area contributed by atoms with Crippen molar-refractivity contribution in [3.63, 3.8) is 0 Å².